The number of hydrogen-bond acceptors (Lipinski definition) is 9. The van der Waals surface area contributed by atoms with Crippen molar-refractivity contribution in [2.24, 2.45) is 11.1 Å². The third kappa shape index (κ3) is 9.47. The molecule has 1 saturated carbocycles. The predicted octanol–water partition coefficient (Wildman–Crippen LogP) is 4.27. The van der Waals surface area contributed by atoms with Crippen LogP contribution < -0.4 is 21.3 Å². The quantitative estimate of drug-likeness (QED) is 0.225. The van der Waals surface area contributed by atoms with Gasteiger partial charge in [0.15, 0.2) is 0 Å². The Hall–Kier alpha value is -2.69. The van der Waals surface area contributed by atoms with E-state index >= 15 is 0 Å². The number of hydroxylamine groups is 1. The fraction of sp³-hybridized carbons (Fsp3) is 0.690. The van der Waals surface area contributed by atoms with Gasteiger partial charge in [-0.05, 0) is 122 Å². The van der Waals surface area contributed by atoms with Gasteiger partial charge < -0.3 is 30.7 Å². The summed E-state index contributed by atoms with van der Waals surface area (Å²) in [6, 6.07) is 6.14. The zero-order valence-corrected chi connectivity index (χ0v) is 25.0. The number of carbonyl (C=O) groups is 2. The summed E-state index contributed by atoms with van der Waals surface area (Å²) in [6.07, 6.45) is 3.32. The Morgan fingerprint density at radius 1 is 1.13 bits per heavy atom. The first-order valence-corrected chi connectivity index (χ1v) is 13.5. The van der Waals surface area contributed by atoms with Gasteiger partial charge in [0.05, 0.1) is 0 Å². The van der Waals surface area contributed by atoms with E-state index in [1.807, 2.05) is 13.1 Å². The highest BCUT2D eigenvalue weighted by Gasteiger charge is 2.50. The first-order chi connectivity index (χ1) is 17.9. The van der Waals surface area contributed by atoms with Crippen molar-refractivity contribution in [3.05, 3.63) is 29.3 Å². The number of hydrogen-bond donors (Lipinski definition) is 4. The van der Waals surface area contributed by atoms with Crippen LogP contribution in [0.15, 0.2) is 18.2 Å². The number of nitrogens with one attached hydrogen (secondary N) is 3. The van der Waals surface area contributed by atoms with Crippen molar-refractivity contribution < 1.29 is 28.6 Å². The van der Waals surface area contributed by atoms with Gasteiger partial charge in [-0.25, -0.2) is 14.4 Å². The smallest absolute Gasteiger partial charge is 0.431 e. The molecule has 2 unspecified atom stereocenters. The predicted molar refractivity (Wildman–Crippen MR) is 151 cm³/mol. The van der Waals surface area contributed by atoms with E-state index in [4.69, 9.17) is 30.2 Å². The van der Waals surface area contributed by atoms with Gasteiger partial charge in [0.2, 0.25) is 5.60 Å². The lowest BCUT2D eigenvalue weighted by Crippen LogP contribution is -2.58. The van der Waals surface area contributed by atoms with Gasteiger partial charge in [-0.3, -0.25) is 0 Å². The fourth-order valence-corrected chi connectivity index (χ4v) is 4.45. The average Bonchev–Trinajstić information content (AvgIpc) is 2.82. The van der Waals surface area contributed by atoms with Crippen molar-refractivity contribution in [1.82, 2.24) is 10.8 Å². The summed E-state index contributed by atoms with van der Waals surface area (Å²) in [7, 11) is 2.01. The molecule has 1 fully saturated rings. The summed E-state index contributed by atoms with van der Waals surface area (Å²) >= 11 is 0. The number of ether oxygens (including phenoxy) is 3. The summed E-state index contributed by atoms with van der Waals surface area (Å²) in [5.41, 5.74) is 6.86. The Labute approximate surface area is 233 Å². The van der Waals surface area contributed by atoms with E-state index in [1.165, 1.54) is 26.0 Å². The summed E-state index contributed by atoms with van der Waals surface area (Å²) in [5.74, 6) is -0.0527. The Kier molecular flexibility index (Phi) is 10.6. The number of aryl methyl sites for hydroxylation is 1. The summed E-state index contributed by atoms with van der Waals surface area (Å²) in [6.45, 7) is 15.1. The topological polar surface area (TPSA) is 145 Å². The second-order valence-electron chi connectivity index (χ2n) is 12.9. The van der Waals surface area contributed by atoms with E-state index in [0.29, 0.717) is 24.0 Å². The molecule has 1 aliphatic carbocycles. The maximum absolute atomic E-state index is 13.0. The van der Waals surface area contributed by atoms with Crippen molar-refractivity contribution in [1.29, 1.82) is 5.41 Å². The molecule has 2 aliphatic rings. The molecule has 0 aromatic heterocycles. The second-order valence-corrected chi connectivity index (χ2v) is 12.9. The van der Waals surface area contributed by atoms with E-state index in [2.05, 4.69) is 17.7 Å². The molecule has 10 heteroatoms. The average molecular weight is 549 g/mol. The molecule has 0 saturated heterocycles. The van der Waals surface area contributed by atoms with Crippen molar-refractivity contribution >= 4 is 18.3 Å². The van der Waals surface area contributed by atoms with Gasteiger partial charge in [0.25, 0.3) is 0 Å². The van der Waals surface area contributed by atoms with E-state index < -0.39 is 35.0 Å². The number of nitrogens with two attached hydrogens (primary N) is 1. The molecule has 39 heavy (non-hydrogen) atoms. The summed E-state index contributed by atoms with van der Waals surface area (Å²) < 4.78 is 16.8. The molecule has 1 aromatic carbocycles. The van der Waals surface area contributed by atoms with Crippen molar-refractivity contribution in [3.8, 4) is 5.75 Å². The van der Waals surface area contributed by atoms with E-state index in [-0.39, 0.29) is 0 Å². The van der Waals surface area contributed by atoms with Gasteiger partial charge in [0.1, 0.15) is 23.1 Å². The van der Waals surface area contributed by atoms with Crippen LogP contribution in [0.1, 0.15) is 85.8 Å². The molecule has 1 heterocycles. The Morgan fingerprint density at radius 2 is 1.74 bits per heavy atom. The SMILES string of the molecule is CC(C)(C)OC(=O)NOC(C)(C(=O)OC(C)(C)C)C1CCc2cc(C=N)ccc2O1.CNC1CC(C)(CN)C1. The fourth-order valence-electron chi connectivity index (χ4n) is 4.45. The molecule has 0 bridgehead atoms. The third-order valence-electron chi connectivity index (χ3n) is 6.74. The number of rotatable bonds is 7. The minimum Gasteiger partial charge on any atom is -0.486 e. The van der Waals surface area contributed by atoms with E-state index in [9.17, 15) is 9.59 Å². The number of esters is 1. The molecule has 0 spiro atoms. The molecule has 10 nitrogen and oxygen atoms in total. The zero-order valence-electron chi connectivity index (χ0n) is 25.0. The molecule has 1 amide bonds. The maximum Gasteiger partial charge on any atom is 0.431 e. The zero-order chi connectivity index (χ0) is 29.6. The highest BCUT2D eigenvalue weighted by atomic mass is 16.7. The van der Waals surface area contributed by atoms with Crippen LogP contribution in [0.4, 0.5) is 4.79 Å². The molecule has 5 N–H and O–H groups in total. The van der Waals surface area contributed by atoms with Crippen LogP contribution in [-0.2, 0) is 25.5 Å². The van der Waals surface area contributed by atoms with Gasteiger partial charge in [0, 0.05) is 12.3 Å². The minimum absolute atomic E-state index is 0.452. The number of amides is 1. The van der Waals surface area contributed by atoms with Crippen LogP contribution >= 0.6 is 0 Å². The lowest BCUT2D eigenvalue weighted by molar-refractivity contribution is -0.205. The van der Waals surface area contributed by atoms with Crippen LogP contribution in [0.25, 0.3) is 0 Å². The molecule has 220 valence electrons. The summed E-state index contributed by atoms with van der Waals surface area (Å²) in [5, 5.41) is 10.6. The van der Waals surface area contributed by atoms with Crippen LogP contribution in [0.3, 0.4) is 0 Å². The first kappa shape index (κ1) is 32.5. The highest BCUT2D eigenvalue weighted by molar-refractivity contribution is 5.81. The lowest BCUT2D eigenvalue weighted by atomic mass is 9.67. The number of benzene rings is 1. The van der Waals surface area contributed by atoms with Crippen molar-refractivity contribution in [2.75, 3.05) is 13.6 Å². The highest BCUT2D eigenvalue weighted by Crippen LogP contribution is 2.39. The number of fused-ring (bicyclic) bond motifs is 1. The van der Waals surface area contributed by atoms with Gasteiger partial charge >= 0.3 is 12.1 Å². The Bertz CT molecular complexity index is 1010. The minimum atomic E-state index is -1.61. The molecular formula is C29H48N4O6. The van der Waals surface area contributed by atoms with Crippen LogP contribution in [0.2, 0.25) is 0 Å². The van der Waals surface area contributed by atoms with Crippen molar-refractivity contribution in [3.63, 3.8) is 0 Å². The summed E-state index contributed by atoms with van der Waals surface area (Å²) in [4.78, 5) is 30.7. The van der Waals surface area contributed by atoms with Gasteiger partial charge in [-0.2, -0.15) is 5.48 Å². The second kappa shape index (κ2) is 12.7. The lowest BCUT2D eigenvalue weighted by Gasteiger charge is -2.44. The van der Waals surface area contributed by atoms with Crippen LogP contribution in [-0.4, -0.2) is 60.8 Å². The first-order valence-electron chi connectivity index (χ1n) is 13.5. The number of carbonyl (C=O) groups excluding carboxylic acids is 2. The Morgan fingerprint density at radius 3 is 2.26 bits per heavy atom. The Balaban J connectivity index is 0.000000499. The third-order valence-corrected chi connectivity index (χ3v) is 6.74. The van der Waals surface area contributed by atoms with E-state index in [0.717, 1.165) is 23.7 Å². The monoisotopic (exact) mass is 548 g/mol. The normalized spacial score (nSPS) is 23.8. The van der Waals surface area contributed by atoms with E-state index in [1.54, 1.807) is 53.7 Å². The standard InChI is InChI=1S/C22H32N2O6.C7H16N2/c1-20(2,3)28-18(25)22(7,30-24-19(26)29-21(4,5)6)17-11-9-15-12-14(13-23)8-10-16(15)27-17;1-7(5-8)3-6(4-7)9-2/h8,10,12-13,17,23H,9,11H2,1-7H3,(H,24,26);6,9H,3-5,8H2,1-2H3. The molecule has 1 aromatic rings. The van der Waals surface area contributed by atoms with Crippen LogP contribution in [0, 0.1) is 10.8 Å². The molecule has 1 aliphatic heterocycles. The molecule has 2 atom stereocenters. The van der Waals surface area contributed by atoms with Crippen molar-refractivity contribution in [2.45, 2.75) is 110 Å². The molecule has 3 rings (SSSR count). The molecular weight excluding hydrogens is 500 g/mol. The largest absolute Gasteiger partial charge is 0.486 e. The van der Waals surface area contributed by atoms with Crippen LogP contribution in [0.5, 0.6) is 5.75 Å². The molecule has 0 radical (unpaired) electrons. The maximum atomic E-state index is 13.0. The van der Waals surface area contributed by atoms with Gasteiger partial charge in [-0.1, -0.05) is 6.92 Å². The van der Waals surface area contributed by atoms with Gasteiger partial charge in [-0.15, -0.1) is 0 Å².